The number of rotatable bonds is 5. The summed E-state index contributed by atoms with van der Waals surface area (Å²) in [6.07, 6.45) is 7.56. The molecule has 8 nitrogen and oxygen atoms in total. The first-order chi connectivity index (χ1) is 13.1. The monoisotopic (exact) mass is 374 g/mol. The summed E-state index contributed by atoms with van der Waals surface area (Å²) >= 11 is 0. The lowest BCUT2D eigenvalue weighted by Crippen LogP contribution is -2.52. The van der Waals surface area contributed by atoms with Crippen LogP contribution in [0, 0.1) is 0 Å². The Bertz CT molecular complexity index is 754. The van der Waals surface area contributed by atoms with E-state index in [-0.39, 0.29) is 24.8 Å². The van der Waals surface area contributed by atoms with Gasteiger partial charge in [0.2, 0.25) is 0 Å². The van der Waals surface area contributed by atoms with E-state index in [0.29, 0.717) is 32.0 Å². The second-order valence-corrected chi connectivity index (χ2v) is 7.49. The van der Waals surface area contributed by atoms with Crippen LogP contribution in [0.2, 0.25) is 0 Å². The van der Waals surface area contributed by atoms with Crippen molar-refractivity contribution in [1.29, 1.82) is 0 Å². The summed E-state index contributed by atoms with van der Waals surface area (Å²) in [4.78, 5) is 20.8. The van der Waals surface area contributed by atoms with E-state index in [1.165, 1.54) is 0 Å². The standard InChI is InChI=1S/C19H26N4O4/c24-18(17-4-3-16(27-17)11-22-8-5-20-15-22)23-9-10-26-14-19(25,13-23)12-21-6-1-2-7-21/h3-5,8,15,25H,1-2,6-7,9-14H2/t19-/m1/s1. The van der Waals surface area contributed by atoms with E-state index < -0.39 is 5.60 Å². The van der Waals surface area contributed by atoms with E-state index in [0.717, 1.165) is 25.9 Å². The van der Waals surface area contributed by atoms with E-state index in [2.05, 4.69) is 9.88 Å². The molecule has 4 rings (SSSR count). The normalized spacial score (nSPS) is 24.3. The lowest BCUT2D eigenvalue weighted by molar-refractivity contribution is -0.0525. The Hall–Kier alpha value is -2.16. The SMILES string of the molecule is O=C(c1ccc(Cn2ccnc2)o1)N1CCOC[C@@](O)(CN2CCCC2)C1. The van der Waals surface area contributed by atoms with Crippen molar-refractivity contribution in [3.05, 3.63) is 42.4 Å². The maximum absolute atomic E-state index is 12.9. The van der Waals surface area contributed by atoms with E-state index in [1.807, 2.05) is 10.8 Å². The fraction of sp³-hybridized carbons (Fsp3) is 0.579. The van der Waals surface area contributed by atoms with Gasteiger partial charge in [0.1, 0.15) is 11.4 Å². The first kappa shape index (κ1) is 18.2. The molecule has 0 saturated carbocycles. The molecule has 27 heavy (non-hydrogen) atoms. The van der Waals surface area contributed by atoms with Crippen LogP contribution in [0.15, 0.2) is 35.3 Å². The molecular formula is C19H26N4O4. The van der Waals surface area contributed by atoms with Gasteiger partial charge in [-0.1, -0.05) is 0 Å². The smallest absolute Gasteiger partial charge is 0.289 e. The Morgan fingerprint density at radius 2 is 2.11 bits per heavy atom. The van der Waals surface area contributed by atoms with Crippen LogP contribution in [0.5, 0.6) is 0 Å². The van der Waals surface area contributed by atoms with Gasteiger partial charge in [0, 0.05) is 25.5 Å². The number of ether oxygens (including phenoxy) is 1. The van der Waals surface area contributed by atoms with E-state index in [4.69, 9.17) is 9.15 Å². The minimum Gasteiger partial charge on any atom is -0.454 e. The van der Waals surface area contributed by atoms with Gasteiger partial charge in [-0.25, -0.2) is 4.98 Å². The molecule has 1 atom stereocenters. The lowest BCUT2D eigenvalue weighted by Gasteiger charge is -2.33. The molecule has 2 aliphatic rings. The summed E-state index contributed by atoms with van der Waals surface area (Å²) in [7, 11) is 0. The van der Waals surface area contributed by atoms with Crippen molar-refractivity contribution >= 4 is 5.91 Å². The predicted molar refractivity (Wildman–Crippen MR) is 97.4 cm³/mol. The highest BCUT2D eigenvalue weighted by molar-refractivity contribution is 5.91. The molecule has 2 aliphatic heterocycles. The summed E-state index contributed by atoms with van der Waals surface area (Å²) in [5.74, 6) is 0.766. The summed E-state index contributed by atoms with van der Waals surface area (Å²) < 4.78 is 13.2. The third-order valence-electron chi connectivity index (χ3n) is 5.14. The zero-order chi connectivity index (χ0) is 18.7. The van der Waals surface area contributed by atoms with Gasteiger partial charge in [-0.2, -0.15) is 0 Å². The van der Waals surface area contributed by atoms with Gasteiger partial charge >= 0.3 is 0 Å². The number of aromatic nitrogens is 2. The van der Waals surface area contributed by atoms with E-state index >= 15 is 0 Å². The van der Waals surface area contributed by atoms with Crippen LogP contribution in [0.1, 0.15) is 29.2 Å². The molecule has 2 aromatic heterocycles. The zero-order valence-corrected chi connectivity index (χ0v) is 15.4. The summed E-state index contributed by atoms with van der Waals surface area (Å²) in [6, 6.07) is 3.50. The maximum atomic E-state index is 12.9. The molecule has 0 bridgehead atoms. The van der Waals surface area contributed by atoms with Crippen LogP contribution in [0.4, 0.5) is 0 Å². The number of furan rings is 1. The van der Waals surface area contributed by atoms with Crippen LogP contribution in [-0.2, 0) is 11.3 Å². The second-order valence-electron chi connectivity index (χ2n) is 7.49. The molecule has 0 unspecified atom stereocenters. The first-order valence-electron chi connectivity index (χ1n) is 9.48. The van der Waals surface area contributed by atoms with Crippen LogP contribution in [-0.4, -0.2) is 81.9 Å². The molecule has 0 radical (unpaired) electrons. The van der Waals surface area contributed by atoms with Gasteiger partial charge in [0.05, 0.1) is 32.6 Å². The number of imidazole rings is 1. The number of nitrogens with zero attached hydrogens (tertiary/aromatic N) is 4. The molecule has 2 fully saturated rings. The molecular weight excluding hydrogens is 348 g/mol. The average molecular weight is 374 g/mol. The Morgan fingerprint density at radius 3 is 2.89 bits per heavy atom. The van der Waals surface area contributed by atoms with Gasteiger partial charge in [-0.05, 0) is 38.1 Å². The highest BCUT2D eigenvalue weighted by atomic mass is 16.5. The third-order valence-corrected chi connectivity index (χ3v) is 5.14. The number of likely N-dealkylation sites (tertiary alicyclic amines) is 1. The Balaban J connectivity index is 1.43. The largest absolute Gasteiger partial charge is 0.454 e. The highest BCUT2D eigenvalue weighted by Crippen LogP contribution is 2.20. The molecule has 0 aliphatic carbocycles. The van der Waals surface area contributed by atoms with E-state index in [1.54, 1.807) is 29.6 Å². The van der Waals surface area contributed by atoms with Crippen molar-refractivity contribution in [2.24, 2.45) is 0 Å². The van der Waals surface area contributed by atoms with Gasteiger partial charge < -0.3 is 28.6 Å². The minimum absolute atomic E-state index is 0.211. The molecule has 146 valence electrons. The van der Waals surface area contributed by atoms with Crippen molar-refractivity contribution < 1.29 is 19.1 Å². The minimum atomic E-state index is -1.05. The van der Waals surface area contributed by atoms with Gasteiger partial charge in [0.25, 0.3) is 5.91 Å². The van der Waals surface area contributed by atoms with Crippen LogP contribution < -0.4 is 0 Å². The molecule has 1 N–H and O–H groups in total. The van der Waals surface area contributed by atoms with Crippen molar-refractivity contribution in [3.63, 3.8) is 0 Å². The fourth-order valence-electron chi connectivity index (χ4n) is 3.84. The number of amides is 1. The van der Waals surface area contributed by atoms with Crippen molar-refractivity contribution in [2.75, 3.05) is 45.9 Å². The number of hydrogen-bond acceptors (Lipinski definition) is 6. The molecule has 1 amide bonds. The second kappa shape index (κ2) is 7.84. The van der Waals surface area contributed by atoms with Crippen molar-refractivity contribution in [1.82, 2.24) is 19.4 Å². The number of carbonyl (C=O) groups is 1. The molecule has 0 spiro atoms. The molecule has 2 aromatic rings. The summed E-state index contributed by atoms with van der Waals surface area (Å²) in [5.41, 5.74) is -1.05. The van der Waals surface area contributed by atoms with Gasteiger partial charge in [-0.15, -0.1) is 0 Å². The number of hydrogen-bond donors (Lipinski definition) is 1. The average Bonchev–Trinajstić information content (AvgIpc) is 3.39. The zero-order valence-electron chi connectivity index (χ0n) is 15.4. The predicted octanol–water partition coefficient (Wildman–Crippen LogP) is 0.824. The molecule has 4 heterocycles. The lowest BCUT2D eigenvalue weighted by atomic mass is 10.0. The molecule has 0 aromatic carbocycles. The number of carbonyl (C=O) groups excluding carboxylic acids is 1. The van der Waals surface area contributed by atoms with Gasteiger partial charge in [0.15, 0.2) is 5.76 Å². The Kier molecular flexibility index (Phi) is 5.29. The maximum Gasteiger partial charge on any atom is 0.289 e. The van der Waals surface area contributed by atoms with Crippen molar-refractivity contribution in [2.45, 2.75) is 25.0 Å². The summed E-state index contributed by atoms with van der Waals surface area (Å²) in [5, 5.41) is 11.1. The Morgan fingerprint density at radius 1 is 1.26 bits per heavy atom. The van der Waals surface area contributed by atoms with Crippen LogP contribution in [0.3, 0.4) is 0 Å². The number of β-amino-alcohol motifs (C(OH)–C–C–N with tert-alkyl or cyclic N) is 1. The molecule has 2 saturated heterocycles. The number of aliphatic hydroxyl groups is 1. The topological polar surface area (TPSA) is 84.0 Å². The van der Waals surface area contributed by atoms with Crippen LogP contribution >= 0.6 is 0 Å². The van der Waals surface area contributed by atoms with Crippen molar-refractivity contribution in [3.8, 4) is 0 Å². The third kappa shape index (κ3) is 4.40. The Labute approximate surface area is 158 Å². The quantitative estimate of drug-likeness (QED) is 0.834. The molecule has 8 heteroatoms. The van der Waals surface area contributed by atoms with Crippen LogP contribution in [0.25, 0.3) is 0 Å². The van der Waals surface area contributed by atoms with E-state index in [9.17, 15) is 9.90 Å². The summed E-state index contributed by atoms with van der Waals surface area (Å²) in [6.45, 7) is 4.39. The first-order valence-corrected chi connectivity index (χ1v) is 9.48. The fourth-order valence-corrected chi connectivity index (χ4v) is 3.84. The van der Waals surface area contributed by atoms with Gasteiger partial charge in [-0.3, -0.25) is 4.79 Å². The highest BCUT2D eigenvalue weighted by Gasteiger charge is 2.37.